The first kappa shape index (κ1) is 15.7. The van der Waals surface area contributed by atoms with Crippen LogP contribution in [-0.4, -0.2) is 38.1 Å². The number of hydrogen-bond acceptors (Lipinski definition) is 6. The summed E-state index contributed by atoms with van der Waals surface area (Å²) in [7, 11) is -4.07. The van der Waals surface area contributed by atoms with Crippen molar-refractivity contribution in [1.29, 1.82) is 0 Å². The Labute approximate surface area is 122 Å². The second kappa shape index (κ2) is 5.96. The standard InChI is InChI=1S/C12H17N3O5S/c13-21(19,20)12-6-10(15(17)18)3-4-11(12)14-5-1-2-9(7-14)8-16/h3-4,6,9,16H,1-2,5,7-8H2,(H2,13,19,20). The van der Waals surface area contributed by atoms with Gasteiger partial charge in [-0.2, -0.15) is 0 Å². The molecule has 0 saturated carbocycles. The van der Waals surface area contributed by atoms with E-state index in [9.17, 15) is 23.6 Å². The molecule has 0 spiro atoms. The molecule has 3 N–H and O–H groups in total. The summed E-state index contributed by atoms with van der Waals surface area (Å²) < 4.78 is 23.4. The molecule has 1 aliphatic rings. The van der Waals surface area contributed by atoms with E-state index in [0.717, 1.165) is 18.9 Å². The number of anilines is 1. The van der Waals surface area contributed by atoms with Crippen molar-refractivity contribution in [3.05, 3.63) is 28.3 Å². The Balaban J connectivity index is 2.45. The van der Waals surface area contributed by atoms with Gasteiger partial charge in [0, 0.05) is 31.8 Å². The highest BCUT2D eigenvalue weighted by atomic mass is 32.2. The van der Waals surface area contributed by atoms with E-state index in [-0.39, 0.29) is 23.1 Å². The van der Waals surface area contributed by atoms with Crippen LogP contribution >= 0.6 is 0 Å². The summed E-state index contributed by atoms with van der Waals surface area (Å²) >= 11 is 0. The molecular weight excluding hydrogens is 298 g/mol. The fourth-order valence-corrected chi connectivity index (χ4v) is 3.31. The zero-order valence-electron chi connectivity index (χ0n) is 11.3. The Morgan fingerprint density at radius 3 is 2.76 bits per heavy atom. The van der Waals surface area contributed by atoms with Crippen LogP contribution in [0.3, 0.4) is 0 Å². The Morgan fingerprint density at radius 1 is 1.48 bits per heavy atom. The molecular formula is C12H17N3O5S. The third-order valence-corrected chi connectivity index (χ3v) is 4.52. The number of aliphatic hydroxyl groups excluding tert-OH is 1. The first-order valence-electron chi connectivity index (χ1n) is 6.50. The van der Waals surface area contributed by atoms with Gasteiger partial charge in [0.15, 0.2) is 0 Å². The van der Waals surface area contributed by atoms with Crippen LogP contribution < -0.4 is 10.0 Å². The van der Waals surface area contributed by atoms with E-state index in [2.05, 4.69) is 0 Å². The average molecular weight is 315 g/mol. The van der Waals surface area contributed by atoms with Crippen LogP contribution in [0.4, 0.5) is 11.4 Å². The van der Waals surface area contributed by atoms with Gasteiger partial charge in [0.1, 0.15) is 4.90 Å². The first-order chi connectivity index (χ1) is 9.82. The van der Waals surface area contributed by atoms with Crippen LogP contribution in [0, 0.1) is 16.0 Å². The van der Waals surface area contributed by atoms with E-state index in [1.807, 2.05) is 0 Å². The molecule has 1 atom stereocenters. The number of hydrogen-bond donors (Lipinski definition) is 2. The molecule has 0 radical (unpaired) electrons. The second-order valence-corrected chi connectivity index (χ2v) is 6.62. The summed E-state index contributed by atoms with van der Waals surface area (Å²) in [5.74, 6) is 0.0577. The summed E-state index contributed by atoms with van der Waals surface area (Å²) in [6.45, 7) is 1.14. The smallest absolute Gasteiger partial charge is 0.270 e. The molecule has 0 aromatic heterocycles. The topological polar surface area (TPSA) is 127 Å². The molecule has 1 heterocycles. The lowest BCUT2D eigenvalue weighted by Gasteiger charge is -2.34. The lowest BCUT2D eigenvalue weighted by atomic mass is 9.98. The molecule has 1 aromatic rings. The highest BCUT2D eigenvalue weighted by Crippen LogP contribution is 2.31. The predicted octanol–water partition coefficient (Wildman–Crippen LogP) is 0.451. The number of benzene rings is 1. The van der Waals surface area contributed by atoms with Gasteiger partial charge in [-0.25, -0.2) is 13.6 Å². The third kappa shape index (κ3) is 3.49. The van der Waals surface area contributed by atoms with E-state index in [0.29, 0.717) is 18.8 Å². The van der Waals surface area contributed by atoms with E-state index >= 15 is 0 Å². The maximum Gasteiger partial charge on any atom is 0.270 e. The minimum atomic E-state index is -4.07. The molecule has 21 heavy (non-hydrogen) atoms. The monoisotopic (exact) mass is 315 g/mol. The first-order valence-corrected chi connectivity index (χ1v) is 8.04. The maximum atomic E-state index is 11.7. The van der Waals surface area contributed by atoms with Crippen LogP contribution in [-0.2, 0) is 10.0 Å². The molecule has 1 fully saturated rings. The van der Waals surface area contributed by atoms with Crippen molar-refractivity contribution in [3.8, 4) is 0 Å². The molecule has 0 amide bonds. The molecule has 2 rings (SSSR count). The van der Waals surface area contributed by atoms with Gasteiger partial charge in [0.2, 0.25) is 10.0 Å². The lowest BCUT2D eigenvalue weighted by molar-refractivity contribution is -0.385. The zero-order chi connectivity index (χ0) is 15.6. The quantitative estimate of drug-likeness (QED) is 0.613. The minimum absolute atomic E-state index is 0.0220. The fraction of sp³-hybridized carbons (Fsp3) is 0.500. The molecule has 8 nitrogen and oxygen atoms in total. The summed E-state index contributed by atoms with van der Waals surface area (Å²) in [5, 5.41) is 25.2. The Kier molecular flexibility index (Phi) is 4.45. The van der Waals surface area contributed by atoms with Gasteiger partial charge in [0.05, 0.1) is 10.6 Å². The molecule has 9 heteroatoms. The molecule has 116 valence electrons. The van der Waals surface area contributed by atoms with E-state index < -0.39 is 14.9 Å². The van der Waals surface area contributed by atoms with Gasteiger partial charge in [-0.05, 0) is 24.8 Å². The zero-order valence-corrected chi connectivity index (χ0v) is 12.1. The predicted molar refractivity (Wildman–Crippen MR) is 76.5 cm³/mol. The summed E-state index contributed by atoms with van der Waals surface area (Å²) in [5.41, 5.74) is 0.0275. The third-order valence-electron chi connectivity index (χ3n) is 3.58. The van der Waals surface area contributed by atoms with Gasteiger partial charge < -0.3 is 10.0 Å². The molecule has 1 unspecified atom stereocenters. The van der Waals surface area contributed by atoms with Gasteiger partial charge in [0.25, 0.3) is 5.69 Å². The highest BCUT2D eigenvalue weighted by molar-refractivity contribution is 7.89. The SMILES string of the molecule is NS(=O)(=O)c1cc([N+](=O)[O-])ccc1N1CCCC(CO)C1. The number of nitro groups is 1. The van der Waals surface area contributed by atoms with Crippen molar-refractivity contribution in [1.82, 2.24) is 0 Å². The Morgan fingerprint density at radius 2 is 2.19 bits per heavy atom. The molecule has 0 aliphatic carbocycles. The van der Waals surface area contributed by atoms with Crippen LogP contribution in [0.25, 0.3) is 0 Å². The van der Waals surface area contributed by atoms with Gasteiger partial charge in [-0.3, -0.25) is 10.1 Å². The van der Waals surface area contributed by atoms with Crippen LogP contribution in [0.15, 0.2) is 23.1 Å². The van der Waals surface area contributed by atoms with E-state index in [4.69, 9.17) is 5.14 Å². The molecule has 1 aromatic carbocycles. The molecule has 1 aliphatic heterocycles. The van der Waals surface area contributed by atoms with Crippen molar-refractivity contribution in [3.63, 3.8) is 0 Å². The number of nitrogens with zero attached hydrogens (tertiary/aromatic N) is 2. The van der Waals surface area contributed by atoms with Gasteiger partial charge in [-0.1, -0.05) is 0 Å². The number of piperidine rings is 1. The number of sulfonamides is 1. The minimum Gasteiger partial charge on any atom is -0.396 e. The summed E-state index contributed by atoms with van der Waals surface area (Å²) in [6, 6.07) is 3.64. The lowest BCUT2D eigenvalue weighted by Crippen LogP contribution is -2.37. The number of non-ortho nitro benzene ring substituents is 1. The normalized spacial score (nSPS) is 19.5. The molecule has 1 saturated heterocycles. The second-order valence-electron chi connectivity index (χ2n) is 5.09. The van der Waals surface area contributed by atoms with E-state index in [1.54, 1.807) is 4.90 Å². The number of nitrogens with two attached hydrogens (primary N) is 1. The number of primary sulfonamides is 1. The van der Waals surface area contributed by atoms with Crippen molar-refractivity contribution >= 4 is 21.4 Å². The average Bonchev–Trinajstić information content (AvgIpc) is 2.45. The summed E-state index contributed by atoms with van der Waals surface area (Å²) in [6.07, 6.45) is 1.68. The maximum absolute atomic E-state index is 11.7. The van der Waals surface area contributed by atoms with Crippen LogP contribution in [0.2, 0.25) is 0 Å². The number of rotatable bonds is 4. The van der Waals surface area contributed by atoms with E-state index in [1.165, 1.54) is 12.1 Å². The van der Waals surface area contributed by atoms with Crippen molar-refractivity contribution < 1.29 is 18.4 Å². The van der Waals surface area contributed by atoms with Crippen LogP contribution in [0.1, 0.15) is 12.8 Å². The Hall–Kier alpha value is -1.71. The van der Waals surface area contributed by atoms with Gasteiger partial charge >= 0.3 is 0 Å². The van der Waals surface area contributed by atoms with Gasteiger partial charge in [-0.15, -0.1) is 0 Å². The fourth-order valence-electron chi connectivity index (χ4n) is 2.54. The van der Waals surface area contributed by atoms with Crippen molar-refractivity contribution in [2.45, 2.75) is 17.7 Å². The van der Waals surface area contributed by atoms with Crippen molar-refractivity contribution in [2.24, 2.45) is 11.1 Å². The highest BCUT2D eigenvalue weighted by Gasteiger charge is 2.26. The number of nitro benzene ring substituents is 1. The van der Waals surface area contributed by atoms with Crippen LogP contribution in [0.5, 0.6) is 0 Å². The Bertz CT molecular complexity index is 646. The molecule has 0 bridgehead atoms. The largest absolute Gasteiger partial charge is 0.396 e. The summed E-state index contributed by atoms with van der Waals surface area (Å²) in [4.78, 5) is 11.7. The number of aliphatic hydroxyl groups is 1. The van der Waals surface area contributed by atoms with Crippen molar-refractivity contribution in [2.75, 3.05) is 24.6 Å².